The van der Waals surface area contributed by atoms with Crippen molar-refractivity contribution in [3.8, 4) is 0 Å². The van der Waals surface area contributed by atoms with E-state index in [4.69, 9.17) is 17.3 Å². The third-order valence-corrected chi connectivity index (χ3v) is 2.92. The lowest BCUT2D eigenvalue weighted by molar-refractivity contribution is -0.128. The SMILES string of the molecule is CNC(=O)C(C)(C)CNC(=O)c1nc(N)ccc1Cl. The molecule has 19 heavy (non-hydrogen) atoms. The first-order chi connectivity index (χ1) is 8.77. The molecule has 0 aliphatic rings. The van der Waals surface area contributed by atoms with Crippen LogP contribution in [0.25, 0.3) is 0 Å². The monoisotopic (exact) mass is 284 g/mol. The van der Waals surface area contributed by atoms with Gasteiger partial charge in [-0.05, 0) is 26.0 Å². The molecule has 0 atom stereocenters. The van der Waals surface area contributed by atoms with Gasteiger partial charge < -0.3 is 16.4 Å². The number of anilines is 1. The predicted octanol–water partition coefficient (Wildman–Crippen LogP) is 0.819. The van der Waals surface area contributed by atoms with Crippen molar-refractivity contribution in [3.05, 3.63) is 22.8 Å². The summed E-state index contributed by atoms with van der Waals surface area (Å²) < 4.78 is 0. The van der Waals surface area contributed by atoms with Gasteiger partial charge in [-0.15, -0.1) is 0 Å². The van der Waals surface area contributed by atoms with Crippen LogP contribution in [-0.4, -0.2) is 30.4 Å². The van der Waals surface area contributed by atoms with Gasteiger partial charge in [0.05, 0.1) is 10.4 Å². The number of carbonyl (C=O) groups excluding carboxylic acids is 2. The van der Waals surface area contributed by atoms with Gasteiger partial charge in [0, 0.05) is 13.6 Å². The zero-order chi connectivity index (χ0) is 14.6. The van der Waals surface area contributed by atoms with E-state index in [-0.39, 0.29) is 29.0 Å². The summed E-state index contributed by atoms with van der Waals surface area (Å²) >= 11 is 5.87. The summed E-state index contributed by atoms with van der Waals surface area (Å²) in [6.45, 7) is 3.61. The topological polar surface area (TPSA) is 97.1 Å². The molecular weight excluding hydrogens is 268 g/mol. The average molecular weight is 285 g/mol. The Morgan fingerprint density at radius 2 is 2.05 bits per heavy atom. The predicted molar refractivity (Wildman–Crippen MR) is 73.8 cm³/mol. The number of amides is 2. The van der Waals surface area contributed by atoms with E-state index in [1.54, 1.807) is 20.9 Å². The van der Waals surface area contributed by atoms with Gasteiger partial charge in [0.1, 0.15) is 11.5 Å². The van der Waals surface area contributed by atoms with Crippen LogP contribution in [0.4, 0.5) is 5.82 Å². The summed E-state index contributed by atoms with van der Waals surface area (Å²) in [6, 6.07) is 3.01. The molecule has 0 saturated heterocycles. The van der Waals surface area contributed by atoms with E-state index in [2.05, 4.69) is 15.6 Å². The quantitative estimate of drug-likeness (QED) is 0.762. The lowest BCUT2D eigenvalue weighted by Crippen LogP contribution is -2.43. The number of nitrogen functional groups attached to an aromatic ring is 1. The summed E-state index contributed by atoms with van der Waals surface area (Å²) in [5.74, 6) is -0.422. The molecule has 2 amide bonds. The van der Waals surface area contributed by atoms with Crippen LogP contribution in [0, 0.1) is 5.41 Å². The van der Waals surface area contributed by atoms with Crippen LogP contribution in [0.3, 0.4) is 0 Å². The summed E-state index contributed by atoms with van der Waals surface area (Å²) in [6.07, 6.45) is 0. The van der Waals surface area contributed by atoms with Crippen LogP contribution in [-0.2, 0) is 4.79 Å². The summed E-state index contributed by atoms with van der Waals surface area (Å²) in [4.78, 5) is 27.4. The molecule has 104 valence electrons. The highest BCUT2D eigenvalue weighted by Crippen LogP contribution is 2.17. The number of aromatic nitrogens is 1. The fourth-order valence-corrected chi connectivity index (χ4v) is 1.61. The minimum Gasteiger partial charge on any atom is -0.384 e. The highest BCUT2D eigenvalue weighted by Gasteiger charge is 2.27. The Kier molecular flexibility index (Phi) is 4.72. The Hall–Kier alpha value is -1.82. The largest absolute Gasteiger partial charge is 0.384 e. The molecule has 1 rings (SSSR count). The molecule has 1 heterocycles. The van der Waals surface area contributed by atoms with E-state index >= 15 is 0 Å². The van der Waals surface area contributed by atoms with Gasteiger partial charge in [0.2, 0.25) is 5.91 Å². The number of nitrogens with one attached hydrogen (secondary N) is 2. The number of pyridine rings is 1. The minimum atomic E-state index is -0.725. The Bertz CT molecular complexity index is 503. The number of halogens is 1. The second-order valence-corrected chi connectivity index (χ2v) is 5.12. The van der Waals surface area contributed by atoms with Crippen LogP contribution in [0.15, 0.2) is 12.1 Å². The summed E-state index contributed by atoms with van der Waals surface area (Å²) in [5.41, 5.74) is 4.83. The standard InChI is InChI=1S/C12H17ClN4O2/c1-12(2,11(19)15-3)6-16-10(18)9-7(13)4-5-8(14)17-9/h4-5H,6H2,1-3H3,(H2,14,17)(H,15,19)(H,16,18). The fourth-order valence-electron chi connectivity index (χ4n) is 1.42. The van der Waals surface area contributed by atoms with Gasteiger partial charge >= 0.3 is 0 Å². The van der Waals surface area contributed by atoms with Crippen molar-refractivity contribution in [1.82, 2.24) is 15.6 Å². The van der Waals surface area contributed by atoms with Crippen LogP contribution in [0.2, 0.25) is 5.02 Å². The molecule has 4 N–H and O–H groups in total. The Morgan fingerprint density at radius 3 is 2.63 bits per heavy atom. The minimum absolute atomic E-state index is 0.0503. The molecule has 0 aromatic carbocycles. The van der Waals surface area contributed by atoms with Crippen molar-refractivity contribution in [1.29, 1.82) is 0 Å². The second-order valence-electron chi connectivity index (χ2n) is 4.71. The molecule has 0 spiro atoms. The lowest BCUT2D eigenvalue weighted by Gasteiger charge is -2.22. The third kappa shape index (κ3) is 3.82. The number of nitrogens with zero attached hydrogens (tertiary/aromatic N) is 1. The molecule has 0 saturated carbocycles. The Labute approximate surface area is 116 Å². The van der Waals surface area contributed by atoms with E-state index in [0.717, 1.165) is 0 Å². The molecule has 0 bridgehead atoms. The molecule has 0 aliphatic carbocycles. The van der Waals surface area contributed by atoms with Gasteiger partial charge in [-0.1, -0.05) is 11.6 Å². The van der Waals surface area contributed by atoms with Crippen LogP contribution in [0.5, 0.6) is 0 Å². The van der Waals surface area contributed by atoms with E-state index in [9.17, 15) is 9.59 Å². The van der Waals surface area contributed by atoms with Crippen molar-refractivity contribution in [2.45, 2.75) is 13.8 Å². The molecular formula is C12H17ClN4O2. The van der Waals surface area contributed by atoms with E-state index in [0.29, 0.717) is 0 Å². The van der Waals surface area contributed by atoms with Crippen molar-refractivity contribution >= 4 is 29.2 Å². The van der Waals surface area contributed by atoms with Gasteiger partial charge in [0.15, 0.2) is 0 Å². The molecule has 0 aliphatic heterocycles. The number of hydrogen-bond donors (Lipinski definition) is 3. The first-order valence-corrected chi connectivity index (χ1v) is 6.08. The molecule has 7 heteroatoms. The normalized spacial score (nSPS) is 10.9. The van der Waals surface area contributed by atoms with E-state index < -0.39 is 11.3 Å². The van der Waals surface area contributed by atoms with Crippen LogP contribution in [0.1, 0.15) is 24.3 Å². The Morgan fingerprint density at radius 1 is 1.42 bits per heavy atom. The molecule has 0 radical (unpaired) electrons. The zero-order valence-electron chi connectivity index (χ0n) is 11.1. The molecule has 0 unspecified atom stereocenters. The second kappa shape index (κ2) is 5.88. The lowest BCUT2D eigenvalue weighted by atomic mass is 9.92. The van der Waals surface area contributed by atoms with Crippen molar-refractivity contribution < 1.29 is 9.59 Å². The van der Waals surface area contributed by atoms with Crippen LogP contribution >= 0.6 is 11.6 Å². The molecule has 1 aromatic heterocycles. The van der Waals surface area contributed by atoms with Crippen molar-refractivity contribution in [2.75, 3.05) is 19.3 Å². The first kappa shape index (κ1) is 15.2. The first-order valence-electron chi connectivity index (χ1n) is 5.70. The van der Waals surface area contributed by atoms with Gasteiger partial charge in [0.25, 0.3) is 5.91 Å². The smallest absolute Gasteiger partial charge is 0.271 e. The number of rotatable bonds is 4. The van der Waals surface area contributed by atoms with E-state index in [1.807, 2.05) is 0 Å². The highest BCUT2D eigenvalue weighted by molar-refractivity contribution is 6.33. The summed E-state index contributed by atoms with van der Waals surface area (Å²) in [7, 11) is 1.54. The Balaban J connectivity index is 2.76. The molecule has 0 fully saturated rings. The highest BCUT2D eigenvalue weighted by atomic mass is 35.5. The number of nitrogens with two attached hydrogens (primary N) is 1. The maximum atomic E-state index is 11.9. The fraction of sp³-hybridized carbons (Fsp3) is 0.417. The maximum Gasteiger partial charge on any atom is 0.271 e. The van der Waals surface area contributed by atoms with Gasteiger partial charge in [-0.3, -0.25) is 9.59 Å². The zero-order valence-corrected chi connectivity index (χ0v) is 11.8. The van der Waals surface area contributed by atoms with Gasteiger partial charge in [-0.25, -0.2) is 4.98 Å². The molecule has 1 aromatic rings. The summed E-state index contributed by atoms with van der Waals surface area (Å²) in [5, 5.41) is 5.37. The van der Waals surface area contributed by atoms with Crippen molar-refractivity contribution in [3.63, 3.8) is 0 Å². The van der Waals surface area contributed by atoms with Crippen LogP contribution < -0.4 is 16.4 Å². The maximum absolute atomic E-state index is 11.9. The third-order valence-electron chi connectivity index (χ3n) is 2.62. The average Bonchev–Trinajstić information content (AvgIpc) is 2.37. The number of hydrogen-bond acceptors (Lipinski definition) is 4. The molecule has 6 nitrogen and oxygen atoms in total. The van der Waals surface area contributed by atoms with Gasteiger partial charge in [-0.2, -0.15) is 0 Å². The number of carbonyl (C=O) groups is 2. The van der Waals surface area contributed by atoms with Crippen molar-refractivity contribution in [2.24, 2.45) is 5.41 Å². The van der Waals surface area contributed by atoms with E-state index in [1.165, 1.54) is 12.1 Å².